The average Bonchev–Trinajstić information content (AvgIpc) is 3.01. The SMILES string of the molecule is CC(C)CC1CC(C(=O)Nc2ccc(S(=O)(=O)NCC(F)(F)F)cc2)NN1. The van der Waals surface area contributed by atoms with Gasteiger partial charge in [-0.25, -0.2) is 18.6 Å². The fourth-order valence-electron chi connectivity index (χ4n) is 2.72. The summed E-state index contributed by atoms with van der Waals surface area (Å²) in [5.74, 6) is 0.214. The maximum atomic E-state index is 12.3. The van der Waals surface area contributed by atoms with Crippen LogP contribution in [0.5, 0.6) is 0 Å². The lowest BCUT2D eigenvalue weighted by Crippen LogP contribution is -2.40. The summed E-state index contributed by atoms with van der Waals surface area (Å²) >= 11 is 0. The predicted octanol–water partition coefficient (Wildman–Crippen LogP) is 1.75. The molecule has 0 saturated carbocycles. The minimum atomic E-state index is -4.64. The Kier molecular flexibility index (Phi) is 6.84. The first-order chi connectivity index (χ1) is 12.5. The fraction of sp³-hybridized carbons (Fsp3) is 0.562. The normalized spacial score (nSPS) is 20.8. The van der Waals surface area contributed by atoms with E-state index in [0.717, 1.165) is 18.6 Å². The van der Waals surface area contributed by atoms with Crippen molar-refractivity contribution in [2.45, 2.75) is 49.8 Å². The van der Waals surface area contributed by atoms with E-state index in [-0.39, 0.29) is 16.8 Å². The van der Waals surface area contributed by atoms with Gasteiger partial charge in [0.15, 0.2) is 0 Å². The van der Waals surface area contributed by atoms with Crippen molar-refractivity contribution in [1.29, 1.82) is 0 Å². The molecule has 1 saturated heterocycles. The van der Waals surface area contributed by atoms with E-state index in [1.807, 2.05) is 0 Å². The smallest absolute Gasteiger partial charge is 0.325 e. The van der Waals surface area contributed by atoms with Gasteiger partial charge in [-0.3, -0.25) is 10.2 Å². The van der Waals surface area contributed by atoms with Crippen LogP contribution in [-0.2, 0) is 14.8 Å². The van der Waals surface area contributed by atoms with E-state index in [9.17, 15) is 26.4 Å². The molecule has 1 heterocycles. The van der Waals surface area contributed by atoms with E-state index in [1.54, 1.807) is 0 Å². The van der Waals surface area contributed by atoms with E-state index in [0.29, 0.717) is 18.0 Å². The number of hydrogen-bond acceptors (Lipinski definition) is 5. The Bertz CT molecular complexity index is 751. The second-order valence-corrected chi connectivity index (χ2v) is 8.62. The van der Waals surface area contributed by atoms with Crippen molar-refractivity contribution in [1.82, 2.24) is 15.6 Å². The molecule has 27 heavy (non-hydrogen) atoms. The minimum absolute atomic E-state index is 0.188. The van der Waals surface area contributed by atoms with Crippen molar-refractivity contribution >= 4 is 21.6 Å². The van der Waals surface area contributed by atoms with Crippen molar-refractivity contribution < 1.29 is 26.4 Å². The fourth-order valence-corrected chi connectivity index (χ4v) is 3.74. The molecular weight excluding hydrogens is 385 g/mol. The highest BCUT2D eigenvalue weighted by Crippen LogP contribution is 2.19. The summed E-state index contributed by atoms with van der Waals surface area (Å²) in [5, 5.41) is 2.66. The number of carbonyl (C=O) groups excluding carboxylic acids is 1. The van der Waals surface area contributed by atoms with Gasteiger partial charge in [-0.15, -0.1) is 0 Å². The zero-order valence-electron chi connectivity index (χ0n) is 14.9. The average molecular weight is 408 g/mol. The van der Waals surface area contributed by atoms with E-state index >= 15 is 0 Å². The molecule has 1 fully saturated rings. The molecule has 11 heteroatoms. The third-order valence-corrected chi connectivity index (χ3v) is 5.37. The molecule has 2 atom stereocenters. The number of halogens is 3. The highest BCUT2D eigenvalue weighted by atomic mass is 32.2. The lowest BCUT2D eigenvalue weighted by molar-refractivity contribution is -0.121. The zero-order valence-corrected chi connectivity index (χ0v) is 15.7. The number of hydrazine groups is 1. The molecule has 152 valence electrons. The van der Waals surface area contributed by atoms with Crippen LogP contribution in [0.15, 0.2) is 29.2 Å². The van der Waals surface area contributed by atoms with Gasteiger partial charge in [-0.05, 0) is 43.0 Å². The third kappa shape index (κ3) is 6.76. The van der Waals surface area contributed by atoms with E-state index in [4.69, 9.17) is 0 Å². The van der Waals surface area contributed by atoms with Crippen LogP contribution < -0.4 is 20.9 Å². The molecule has 1 aliphatic rings. The summed E-state index contributed by atoms with van der Waals surface area (Å²) in [5.41, 5.74) is 6.34. The van der Waals surface area contributed by atoms with Gasteiger partial charge in [0.25, 0.3) is 0 Å². The molecule has 1 amide bonds. The van der Waals surface area contributed by atoms with Gasteiger partial charge in [0.2, 0.25) is 15.9 Å². The molecule has 0 aromatic heterocycles. The Morgan fingerprint density at radius 2 is 1.85 bits per heavy atom. The van der Waals surface area contributed by atoms with Crippen LogP contribution in [0.1, 0.15) is 26.7 Å². The Balaban J connectivity index is 1.93. The minimum Gasteiger partial charge on any atom is -0.325 e. The number of sulfonamides is 1. The largest absolute Gasteiger partial charge is 0.402 e. The molecular formula is C16H23F3N4O3S. The Hall–Kier alpha value is -1.69. The van der Waals surface area contributed by atoms with Crippen LogP contribution in [0.3, 0.4) is 0 Å². The van der Waals surface area contributed by atoms with Gasteiger partial charge >= 0.3 is 6.18 Å². The molecule has 1 aliphatic heterocycles. The molecule has 0 bridgehead atoms. The summed E-state index contributed by atoms with van der Waals surface area (Å²) in [6.07, 6.45) is -3.09. The lowest BCUT2D eigenvalue weighted by Gasteiger charge is -2.12. The predicted molar refractivity (Wildman–Crippen MR) is 94.2 cm³/mol. The number of hydrogen-bond donors (Lipinski definition) is 4. The molecule has 1 aromatic rings. The van der Waals surface area contributed by atoms with E-state index < -0.39 is 28.8 Å². The van der Waals surface area contributed by atoms with Crippen LogP contribution in [0.4, 0.5) is 18.9 Å². The standard InChI is InChI=1S/C16H23F3N4O3S/c1-10(2)7-12-8-14(23-22-12)15(24)21-11-3-5-13(6-4-11)27(25,26)20-9-16(17,18)19/h3-6,10,12,14,20,22-23H,7-9H2,1-2H3,(H,21,24). The van der Waals surface area contributed by atoms with Gasteiger partial charge in [-0.2, -0.15) is 13.2 Å². The zero-order chi connectivity index (χ0) is 20.2. The van der Waals surface area contributed by atoms with Crippen LogP contribution >= 0.6 is 0 Å². The summed E-state index contributed by atoms with van der Waals surface area (Å²) < 4.78 is 61.6. The highest BCUT2D eigenvalue weighted by Gasteiger charge is 2.31. The van der Waals surface area contributed by atoms with Crippen molar-refractivity contribution in [3.63, 3.8) is 0 Å². The van der Waals surface area contributed by atoms with Crippen molar-refractivity contribution in [3.8, 4) is 0 Å². The molecule has 2 unspecified atom stereocenters. The number of benzene rings is 1. The van der Waals surface area contributed by atoms with Crippen LogP contribution in [0, 0.1) is 5.92 Å². The number of rotatable bonds is 7. The first-order valence-corrected chi connectivity index (χ1v) is 9.93. The maximum Gasteiger partial charge on any atom is 0.402 e. The number of amides is 1. The molecule has 7 nitrogen and oxygen atoms in total. The van der Waals surface area contributed by atoms with E-state index in [1.165, 1.54) is 16.9 Å². The van der Waals surface area contributed by atoms with Gasteiger partial charge in [0.1, 0.15) is 12.6 Å². The second-order valence-electron chi connectivity index (χ2n) is 6.86. The summed E-state index contributed by atoms with van der Waals surface area (Å²) in [6.45, 7) is 2.54. The topological polar surface area (TPSA) is 99.3 Å². The molecule has 0 aliphatic carbocycles. The summed E-state index contributed by atoms with van der Waals surface area (Å²) in [7, 11) is -4.28. The molecule has 1 aromatic carbocycles. The summed E-state index contributed by atoms with van der Waals surface area (Å²) in [6, 6.07) is 4.69. The summed E-state index contributed by atoms with van der Waals surface area (Å²) in [4.78, 5) is 12.0. The van der Waals surface area contributed by atoms with Crippen molar-refractivity contribution in [3.05, 3.63) is 24.3 Å². The Morgan fingerprint density at radius 3 is 2.41 bits per heavy atom. The Labute approximate surface area is 156 Å². The first-order valence-electron chi connectivity index (χ1n) is 8.44. The Morgan fingerprint density at radius 1 is 1.22 bits per heavy atom. The maximum absolute atomic E-state index is 12.3. The van der Waals surface area contributed by atoms with Gasteiger partial charge in [-0.1, -0.05) is 13.8 Å². The van der Waals surface area contributed by atoms with Crippen LogP contribution in [-0.4, -0.2) is 39.1 Å². The van der Waals surface area contributed by atoms with Crippen molar-refractivity contribution in [2.75, 3.05) is 11.9 Å². The molecule has 2 rings (SSSR count). The molecule has 4 N–H and O–H groups in total. The van der Waals surface area contributed by atoms with Gasteiger partial charge in [0.05, 0.1) is 4.90 Å². The number of anilines is 1. The van der Waals surface area contributed by atoms with Crippen molar-refractivity contribution in [2.24, 2.45) is 5.92 Å². The lowest BCUT2D eigenvalue weighted by atomic mass is 10.00. The number of nitrogens with one attached hydrogen (secondary N) is 4. The van der Waals surface area contributed by atoms with Gasteiger partial charge in [0, 0.05) is 11.7 Å². The third-order valence-electron chi connectivity index (χ3n) is 3.95. The highest BCUT2D eigenvalue weighted by molar-refractivity contribution is 7.89. The monoisotopic (exact) mass is 408 g/mol. The molecule has 0 radical (unpaired) electrons. The number of alkyl halides is 3. The van der Waals surface area contributed by atoms with Crippen LogP contribution in [0.2, 0.25) is 0 Å². The number of carbonyl (C=O) groups is 1. The van der Waals surface area contributed by atoms with Gasteiger partial charge < -0.3 is 5.32 Å². The molecule has 0 spiro atoms. The first kappa shape index (κ1) is 21.6. The van der Waals surface area contributed by atoms with Crippen LogP contribution in [0.25, 0.3) is 0 Å². The quantitative estimate of drug-likeness (QED) is 0.551. The second kappa shape index (κ2) is 8.55. The van der Waals surface area contributed by atoms with E-state index in [2.05, 4.69) is 30.0 Å².